The Bertz CT molecular complexity index is 339. The van der Waals surface area contributed by atoms with Crippen molar-refractivity contribution >= 4 is 11.8 Å². The fourth-order valence-corrected chi connectivity index (χ4v) is 2.47. The third kappa shape index (κ3) is 4.18. The predicted octanol–water partition coefficient (Wildman–Crippen LogP) is 0.115. The van der Waals surface area contributed by atoms with E-state index in [4.69, 9.17) is 10.5 Å². The number of amides is 2. The van der Waals surface area contributed by atoms with Crippen LogP contribution in [0.3, 0.4) is 0 Å². The van der Waals surface area contributed by atoms with Crippen molar-refractivity contribution in [3.63, 3.8) is 0 Å². The molecule has 1 rings (SSSR count). The highest BCUT2D eigenvalue weighted by atomic mass is 16.5. The normalized spacial score (nSPS) is 17.9. The lowest BCUT2D eigenvalue weighted by Gasteiger charge is -2.38. The third-order valence-corrected chi connectivity index (χ3v) is 3.75. The van der Waals surface area contributed by atoms with Crippen LogP contribution in [0.5, 0.6) is 0 Å². The number of nitrogens with zero attached hydrogens (tertiary/aromatic N) is 1. The van der Waals surface area contributed by atoms with Gasteiger partial charge >= 0.3 is 0 Å². The van der Waals surface area contributed by atoms with Gasteiger partial charge in [-0.1, -0.05) is 0 Å². The molecular formula is C14H27N3O3. The molecule has 1 heterocycles. The van der Waals surface area contributed by atoms with Crippen LogP contribution in [-0.2, 0) is 14.3 Å². The second kappa shape index (κ2) is 7.59. The summed E-state index contributed by atoms with van der Waals surface area (Å²) in [6, 6.07) is 0.0721. The molecule has 3 N–H and O–H groups in total. The van der Waals surface area contributed by atoms with Crippen molar-refractivity contribution < 1.29 is 14.3 Å². The molecule has 0 aromatic rings. The zero-order valence-electron chi connectivity index (χ0n) is 12.8. The molecule has 1 saturated heterocycles. The Kier molecular flexibility index (Phi) is 6.42. The summed E-state index contributed by atoms with van der Waals surface area (Å²) >= 11 is 0. The minimum atomic E-state index is -0.563. The van der Waals surface area contributed by atoms with Crippen LogP contribution in [0.25, 0.3) is 0 Å². The average Bonchev–Trinajstić information content (AvgIpc) is 2.44. The standard InChI is InChI=1S/C14H27N3O3/c1-4-17(9-12(18)16-11(2)3)13(19)14(10-15)5-7-20-8-6-14/h11H,4-10,15H2,1-3H3,(H,16,18). The van der Waals surface area contributed by atoms with Crippen molar-refractivity contribution in [2.75, 3.05) is 32.8 Å². The summed E-state index contributed by atoms with van der Waals surface area (Å²) in [6.45, 7) is 7.69. The first kappa shape index (κ1) is 16.9. The first-order valence-corrected chi connectivity index (χ1v) is 7.31. The molecule has 6 heteroatoms. The molecule has 0 aromatic heterocycles. The number of carbonyl (C=O) groups excluding carboxylic acids is 2. The average molecular weight is 285 g/mol. The quantitative estimate of drug-likeness (QED) is 0.725. The number of nitrogens with two attached hydrogens (primary N) is 1. The van der Waals surface area contributed by atoms with Gasteiger partial charge in [0.05, 0.1) is 12.0 Å². The molecule has 1 aliphatic rings. The van der Waals surface area contributed by atoms with E-state index in [-0.39, 0.29) is 24.4 Å². The Labute approximate surface area is 121 Å². The highest BCUT2D eigenvalue weighted by Crippen LogP contribution is 2.31. The summed E-state index contributed by atoms with van der Waals surface area (Å²) < 4.78 is 5.32. The van der Waals surface area contributed by atoms with Crippen LogP contribution in [0.2, 0.25) is 0 Å². The van der Waals surface area contributed by atoms with Crippen molar-refractivity contribution in [2.24, 2.45) is 11.1 Å². The molecule has 0 saturated carbocycles. The summed E-state index contributed by atoms with van der Waals surface area (Å²) in [6.07, 6.45) is 1.26. The second-order valence-electron chi connectivity index (χ2n) is 5.64. The predicted molar refractivity (Wildman–Crippen MR) is 77.1 cm³/mol. The van der Waals surface area contributed by atoms with Crippen LogP contribution >= 0.6 is 0 Å². The number of likely N-dealkylation sites (N-methyl/N-ethyl adjacent to an activating group) is 1. The summed E-state index contributed by atoms with van der Waals surface area (Å²) in [5, 5.41) is 2.81. The first-order valence-electron chi connectivity index (χ1n) is 7.31. The molecule has 2 amide bonds. The molecule has 0 unspecified atom stereocenters. The van der Waals surface area contributed by atoms with Crippen molar-refractivity contribution in [3.05, 3.63) is 0 Å². The number of ether oxygens (including phenoxy) is 1. The summed E-state index contributed by atoms with van der Waals surface area (Å²) in [5.41, 5.74) is 5.28. The van der Waals surface area contributed by atoms with Gasteiger partial charge < -0.3 is 20.7 Å². The minimum Gasteiger partial charge on any atom is -0.381 e. The van der Waals surface area contributed by atoms with Gasteiger partial charge in [-0.2, -0.15) is 0 Å². The Morgan fingerprint density at radius 3 is 2.40 bits per heavy atom. The fourth-order valence-electron chi connectivity index (χ4n) is 2.47. The van der Waals surface area contributed by atoms with E-state index in [1.807, 2.05) is 20.8 Å². The molecule has 0 bridgehead atoms. The lowest BCUT2D eigenvalue weighted by atomic mass is 9.79. The molecule has 0 aliphatic carbocycles. The molecule has 0 atom stereocenters. The Balaban J connectivity index is 2.72. The molecular weight excluding hydrogens is 258 g/mol. The van der Waals surface area contributed by atoms with Gasteiger partial charge in [0.2, 0.25) is 11.8 Å². The zero-order chi connectivity index (χ0) is 15.2. The zero-order valence-corrected chi connectivity index (χ0v) is 12.8. The number of rotatable bonds is 6. The summed E-state index contributed by atoms with van der Waals surface area (Å²) in [4.78, 5) is 26.1. The molecule has 6 nitrogen and oxygen atoms in total. The Morgan fingerprint density at radius 2 is 1.95 bits per heavy atom. The molecule has 0 spiro atoms. The van der Waals surface area contributed by atoms with E-state index in [9.17, 15) is 9.59 Å². The molecule has 1 fully saturated rings. The van der Waals surface area contributed by atoms with Gasteiger partial charge in [-0.3, -0.25) is 9.59 Å². The molecule has 0 aromatic carbocycles. The third-order valence-electron chi connectivity index (χ3n) is 3.75. The number of nitrogens with one attached hydrogen (secondary N) is 1. The molecule has 1 aliphatic heterocycles. The first-order chi connectivity index (χ1) is 9.45. The maximum absolute atomic E-state index is 12.7. The fraction of sp³-hybridized carbons (Fsp3) is 0.857. The maximum Gasteiger partial charge on any atom is 0.239 e. The van der Waals surface area contributed by atoms with E-state index < -0.39 is 5.41 Å². The van der Waals surface area contributed by atoms with Crippen LogP contribution in [0.15, 0.2) is 0 Å². The van der Waals surface area contributed by atoms with Gasteiger partial charge in [-0.25, -0.2) is 0 Å². The van der Waals surface area contributed by atoms with Gasteiger partial charge in [0, 0.05) is 32.3 Å². The number of carbonyl (C=O) groups is 2. The Hall–Kier alpha value is -1.14. The van der Waals surface area contributed by atoms with E-state index in [1.165, 1.54) is 0 Å². The Morgan fingerprint density at radius 1 is 1.35 bits per heavy atom. The SMILES string of the molecule is CCN(CC(=O)NC(C)C)C(=O)C1(CN)CCOCC1. The van der Waals surface area contributed by atoms with Crippen LogP contribution < -0.4 is 11.1 Å². The topological polar surface area (TPSA) is 84.7 Å². The van der Waals surface area contributed by atoms with Crippen molar-refractivity contribution in [1.29, 1.82) is 0 Å². The van der Waals surface area contributed by atoms with Gasteiger partial charge in [0.25, 0.3) is 0 Å². The van der Waals surface area contributed by atoms with Crippen LogP contribution in [0.1, 0.15) is 33.6 Å². The van der Waals surface area contributed by atoms with Crippen LogP contribution in [0, 0.1) is 5.41 Å². The minimum absolute atomic E-state index is 0.0234. The van der Waals surface area contributed by atoms with Crippen molar-refractivity contribution in [1.82, 2.24) is 10.2 Å². The van der Waals surface area contributed by atoms with E-state index >= 15 is 0 Å². The van der Waals surface area contributed by atoms with Gasteiger partial charge in [-0.15, -0.1) is 0 Å². The molecule has 20 heavy (non-hydrogen) atoms. The van der Waals surface area contributed by atoms with Gasteiger partial charge in [-0.05, 0) is 33.6 Å². The van der Waals surface area contributed by atoms with E-state index in [1.54, 1.807) is 4.90 Å². The second-order valence-corrected chi connectivity index (χ2v) is 5.64. The maximum atomic E-state index is 12.7. The number of hydrogen-bond acceptors (Lipinski definition) is 4. The van der Waals surface area contributed by atoms with Crippen LogP contribution in [0.4, 0.5) is 0 Å². The van der Waals surface area contributed by atoms with E-state index in [0.717, 1.165) is 0 Å². The highest BCUT2D eigenvalue weighted by Gasteiger charge is 2.41. The van der Waals surface area contributed by atoms with E-state index in [2.05, 4.69) is 5.32 Å². The van der Waals surface area contributed by atoms with Gasteiger partial charge in [0.15, 0.2) is 0 Å². The molecule has 116 valence electrons. The lowest BCUT2D eigenvalue weighted by Crippen LogP contribution is -2.53. The summed E-state index contributed by atoms with van der Waals surface area (Å²) in [7, 11) is 0. The number of hydrogen-bond donors (Lipinski definition) is 2. The van der Waals surface area contributed by atoms with E-state index in [0.29, 0.717) is 39.1 Å². The smallest absolute Gasteiger partial charge is 0.239 e. The monoisotopic (exact) mass is 285 g/mol. The van der Waals surface area contributed by atoms with Crippen molar-refractivity contribution in [3.8, 4) is 0 Å². The lowest BCUT2D eigenvalue weighted by molar-refractivity contribution is -0.149. The largest absolute Gasteiger partial charge is 0.381 e. The van der Waals surface area contributed by atoms with Crippen LogP contribution in [-0.4, -0.2) is 55.6 Å². The van der Waals surface area contributed by atoms with Gasteiger partial charge in [0.1, 0.15) is 0 Å². The highest BCUT2D eigenvalue weighted by molar-refractivity contribution is 5.88. The molecule has 0 radical (unpaired) electrons. The van der Waals surface area contributed by atoms with Crippen molar-refractivity contribution in [2.45, 2.75) is 39.7 Å². The summed E-state index contributed by atoms with van der Waals surface area (Å²) in [5.74, 6) is -0.154.